The Morgan fingerprint density at radius 1 is 0.963 bits per heavy atom. The zero-order valence-electron chi connectivity index (χ0n) is 17.4. The minimum Gasteiger partial charge on any atom is -0.508 e. The average molecular weight is 369 g/mol. The molecule has 0 saturated heterocycles. The molecule has 2 rings (SSSR count). The van der Waals surface area contributed by atoms with Crippen LogP contribution in [0.2, 0.25) is 0 Å². The molecule has 2 aromatic rings. The van der Waals surface area contributed by atoms with Gasteiger partial charge in [0, 0.05) is 23.6 Å². The van der Waals surface area contributed by atoms with Gasteiger partial charge in [-0.25, -0.2) is 0 Å². The molecule has 148 valence electrons. The smallest absolute Gasteiger partial charge is 0.119 e. The van der Waals surface area contributed by atoms with Crippen LogP contribution in [0.5, 0.6) is 5.75 Å². The molecule has 0 aliphatic heterocycles. The molecule has 1 atom stereocenters. The van der Waals surface area contributed by atoms with Crippen LogP contribution < -0.4 is 5.73 Å². The van der Waals surface area contributed by atoms with Gasteiger partial charge in [0.05, 0.1) is 0 Å². The van der Waals surface area contributed by atoms with E-state index in [9.17, 15) is 5.11 Å². The molecule has 2 aromatic carbocycles. The number of nitrogens with two attached hydrogens (primary N) is 1. The van der Waals surface area contributed by atoms with Gasteiger partial charge < -0.3 is 10.8 Å². The highest BCUT2D eigenvalue weighted by Gasteiger charge is 2.21. The molecule has 0 spiro atoms. The number of aromatic hydroxyl groups is 1. The lowest BCUT2D eigenvalue weighted by molar-refractivity contribution is 0.170. The Kier molecular flexibility index (Phi) is 8.33. The largest absolute Gasteiger partial charge is 0.508 e. The first-order chi connectivity index (χ1) is 12.9. The molecular weight excluding hydrogens is 332 g/mol. The second-order valence-electron chi connectivity index (χ2n) is 7.96. The van der Waals surface area contributed by atoms with Gasteiger partial charge in [-0.05, 0) is 77.2 Å². The second kappa shape index (κ2) is 10.5. The van der Waals surface area contributed by atoms with Crippen molar-refractivity contribution in [2.45, 2.75) is 65.0 Å². The maximum atomic E-state index is 10.6. The van der Waals surface area contributed by atoms with Crippen molar-refractivity contribution in [2.24, 2.45) is 5.73 Å². The highest BCUT2D eigenvalue weighted by atomic mass is 16.3. The number of benzene rings is 2. The van der Waals surface area contributed by atoms with E-state index in [0.29, 0.717) is 24.4 Å². The third-order valence-electron chi connectivity index (χ3n) is 5.34. The van der Waals surface area contributed by atoms with Gasteiger partial charge in [-0.2, -0.15) is 0 Å². The van der Waals surface area contributed by atoms with Crippen molar-refractivity contribution in [1.82, 2.24) is 4.90 Å². The minimum absolute atomic E-state index is 0.184. The van der Waals surface area contributed by atoms with E-state index in [1.54, 1.807) is 0 Å². The summed E-state index contributed by atoms with van der Waals surface area (Å²) in [5.74, 6) is 0.574. The van der Waals surface area contributed by atoms with Crippen LogP contribution in [0.4, 0.5) is 0 Å². The van der Waals surface area contributed by atoms with Crippen LogP contribution in [0.25, 0.3) is 0 Å². The molecule has 1 unspecified atom stereocenters. The fourth-order valence-corrected chi connectivity index (χ4v) is 3.92. The fraction of sp³-hybridized carbons (Fsp3) is 0.500. The molecule has 3 heteroatoms. The normalized spacial score (nSPS) is 12.9. The summed E-state index contributed by atoms with van der Waals surface area (Å²) in [7, 11) is 0. The van der Waals surface area contributed by atoms with Crippen LogP contribution in [0.1, 0.15) is 63.1 Å². The Hall–Kier alpha value is -1.84. The highest BCUT2D eigenvalue weighted by Crippen LogP contribution is 2.35. The number of nitrogens with zero attached hydrogens (tertiary/aromatic N) is 1. The summed E-state index contributed by atoms with van der Waals surface area (Å²) in [6.45, 7) is 10.7. The predicted molar refractivity (Wildman–Crippen MR) is 115 cm³/mol. The van der Waals surface area contributed by atoms with Crippen LogP contribution in [0, 0.1) is 0 Å². The molecule has 3 nitrogen and oxygen atoms in total. The van der Waals surface area contributed by atoms with Gasteiger partial charge in [0.1, 0.15) is 5.75 Å². The molecule has 0 amide bonds. The summed E-state index contributed by atoms with van der Waals surface area (Å²) >= 11 is 0. The first kappa shape index (κ1) is 21.5. The van der Waals surface area contributed by atoms with E-state index < -0.39 is 0 Å². The number of phenolic OH excluding ortho intramolecular Hbond substituents is 1. The lowest BCUT2D eigenvalue weighted by Crippen LogP contribution is -2.38. The first-order valence-corrected chi connectivity index (χ1v) is 10.3. The standard InChI is InChI=1S/C24H36N2O/c1-18(2)26(19(3)4)16-14-22(21-10-6-5-7-11-21)23-17-20(9-8-15-25)12-13-24(23)27/h5-7,10-13,17-19,22,27H,8-9,14-16,25H2,1-4H3. The van der Waals surface area contributed by atoms with Crippen molar-refractivity contribution in [3.05, 3.63) is 65.2 Å². The van der Waals surface area contributed by atoms with Crippen molar-refractivity contribution >= 4 is 0 Å². The lowest BCUT2D eigenvalue weighted by Gasteiger charge is -2.32. The second-order valence-corrected chi connectivity index (χ2v) is 7.96. The summed E-state index contributed by atoms with van der Waals surface area (Å²) in [6, 6.07) is 17.6. The monoisotopic (exact) mass is 368 g/mol. The SMILES string of the molecule is CC(C)N(CCC(c1ccccc1)c1cc(CCCN)ccc1O)C(C)C. The van der Waals surface area contributed by atoms with E-state index in [0.717, 1.165) is 31.4 Å². The lowest BCUT2D eigenvalue weighted by atomic mass is 9.86. The molecule has 0 heterocycles. The first-order valence-electron chi connectivity index (χ1n) is 10.3. The molecule has 0 aromatic heterocycles. The van der Waals surface area contributed by atoms with Gasteiger partial charge in [-0.1, -0.05) is 42.5 Å². The summed E-state index contributed by atoms with van der Waals surface area (Å²) in [6.07, 6.45) is 2.90. The topological polar surface area (TPSA) is 49.5 Å². The van der Waals surface area contributed by atoms with Gasteiger partial charge in [-0.3, -0.25) is 4.90 Å². The van der Waals surface area contributed by atoms with Crippen LogP contribution in [0.3, 0.4) is 0 Å². The van der Waals surface area contributed by atoms with E-state index in [1.165, 1.54) is 11.1 Å². The van der Waals surface area contributed by atoms with Crippen molar-refractivity contribution in [2.75, 3.05) is 13.1 Å². The highest BCUT2D eigenvalue weighted by molar-refractivity contribution is 5.43. The Morgan fingerprint density at radius 2 is 1.63 bits per heavy atom. The minimum atomic E-state index is 0.184. The average Bonchev–Trinajstić information content (AvgIpc) is 2.65. The Labute approximate surface area is 165 Å². The molecule has 0 aliphatic carbocycles. The van der Waals surface area contributed by atoms with Crippen LogP contribution >= 0.6 is 0 Å². The van der Waals surface area contributed by atoms with Crippen LogP contribution in [0.15, 0.2) is 48.5 Å². The molecule has 0 radical (unpaired) electrons. The summed E-state index contributed by atoms with van der Waals surface area (Å²) in [5, 5.41) is 10.6. The number of hydrogen-bond acceptors (Lipinski definition) is 3. The van der Waals surface area contributed by atoms with E-state index >= 15 is 0 Å². The molecule has 0 saturated carbocycles. The molecular formula is C24H36N2O. The fourth-order valence-electron chi connectivity index (χ4n) is 3.92. The summed E-state index contributed by atoms with van der Waals surface area (Å²) in [4.78, 5) is 2.52. The number of aryl methyl sites for hydroxylation is 1. The zero-order valence-corrected chi connectivity index (χ0v) is 17.4. The van der Waals surface area contributed by atoms with Crippen molar-refractivity contribution in [3.63, 3.8) is 0 Å². The maximum Gasteiger partial charge on any atom is 0.119 e. The number of hydrogen-bond donors (Lipinski definition) is 2. The Morgan fingerprint density at radius 3 is 2.22 bits per heavy atom. The van der Waals surface area contributed by atoms with Gasteiger partial charge in [0.15, 0.2) is 0 Å². The molecule has 0 bridgehead atoms. The molecule has 27 heavy (non-hydrogen) atoms. The summed E-state index contributed by atoms with van der Waals surface area (Å²) < 4.78 is 0. The number of rotatable bonds is 10. The van der Waals surface area contributed by atoms with E-state index in [-0.39, 0.29) is 5.92 Å². The quantitative estimate of drug-likeness (QED) is 0.625. The van der Waals surface area contributed by atoms with E-state index in [4.69, 9.17) is 5.73 Å². The molecule has 0 aliphatic rings. The third kappa shape index (κ3) is 6.08. The van der Waals surface area contributed by atoms with Crippen molar-refractivity contribution < 1.29 is 5.11 Å². The molecule has 3 N–H and O–H groups in total. The summed E-state index contributed by atoms with van der Waals surface area (Å²) in [5.41, 5.74) is 9.22. The molecule has 0 fully saturated rings. The van der Waals surface area contributed by atoms with Gasteiger partial charge in [0.2, 0.25) is 0 Å². The van der Waals surface area contributed by atoms with Gasteiger partial charge in [0.25, 0.3) is 0 Å². The van der Waals surface area contributed by atoms with Gasteiger partial charge >= 0.3 is 0 Å². The third-order valence-corrected chi connectivity index (χ3v) is 5.34. The van der Waals surface area contributed by atoms with Gasteiger partial charge in [-0.15, -0.1) is 0 Å². The maximum absolute atomic E-state index is 10.6. The van der Waals surface area contributed by atoms with E-state index in [1.807, 2.05) is 18.2 Å². The van der Waals surface area contributed by atoms with Crippen LogP contribution in [-0.2, 0) is 6.42 Å². The van der Waals surface area contributed by atoms with Crippen molar-refractivity contribution in [3.8, 4) is 5.75 Å². The zero-order chi connectivity index (χ0) is 19.8. The van der Waals surface area contributed by atoms with Crippen LogP contribution in [-0.4, -0.2) is 35.2 Å². The van der Waals surface area contributed by atoms with Crippen molar-refractivity contribution in [1.29, 1.82) is 0 Å². The van der Waals surface area contributed by atoms with E-state index in [2.05, 4.69) is 62.9 Å². The number of phenols is 1. The predicted octanol–water partition coefficient (Wildman–Crippen LogP) is 4.92. The Balaban J connectivity index is 2.33. The Bertz CT molecular complexity index is 674.